The van der Waals surface area contributed by atoms with Crippen molar-refractivity contribution in [3.8, 4) is 0 Å². The highest BCUT2D eigenvalue weighted by molar-refractivity contribution is 7.89. The Labute approximate surface area is 96.7 Å². The van der Waals surface area contributed by atoms with Gasteiger partial charge in [-0.15, -0.1) is 11.3 Å². The van der Waals surface area contributed by atoms with E-state index in [2.05, 4.69) is 5.10 Å². The van der Waals surface area contributed by atoms with Gasteiger partial charge in [0.25, 0.3) is 10.0 Å². The average Bonchev–Trinajstić information content (AvgIpc) is 2.64. The van der Waals surface area contributed by atoms with E-state index < -0.39 is 16.0 Å². The van der Waals surface area contributed by atoms with Gasteiger partial charge in [0.2, 0.25) is 0 Å². The van der Waals surface area contributed by atoms with Gasteiger partial charge in [0.15, 0.2) is 0 Å². The zero-order valence-electron chi connectivity index (χ0n) is 8.59. The van der Waals surface area contributed by atoms with E-state index in [1.165, 1.54) is 5.38 Å². The van der Waals surface area contributed by atoms with E-state index in [1.807, 2.05) is 4.83 Å². The summed E-state index contributed by atoms with van der Waals surface area (Å²) in [4.78, 5) is 12.4. The number of nitrogens with one attached hydrogen (secondary N) is 1. The van der Waals surface area contributed by atoms with Crippen molar-refractivity contribution >= 4 is 33.0 Å². The van der Waals surface area contributed by atoms with Gasteiger partial charge in [-0.2, -0.15) is 13.5 Å². The van der Waals surface area contributed by atoms with Crippen LogP contribution in [0.2, 0.25) is 0 Å². The molecule has 8 heteroatoms. The van der Waals surface area contributed by atoms with Gasteiger partial charge in [-0.25, -0.2) is 9.63 Å². The molecule has 0 aromatic carbocycles. The van der Waals surface area contributed by atoms with E-state index >= 15 is 0 Å². The number of hydrogen-bond acceptors (Lipinski definition) is 5. The molecule has 88 valence electrons. The van der Waals surface area contributed by atoms with Gasteiger partial charge >= 0.3 is 5.97 Å². The standard InChI is InChI=1S/C8H10N2O4S2/c1-5(2)9-10-16(13,14)6-3-7(8(11)12)15-4-6/h3-4,10H,1-2H3,(H,11,12). The lowest BCUT2D eigenvalue weighted by Crippen LogP contribution is -2.18. The first-order chi connectivity index (χ1) is 7.33. The van der Waals surface area contributed by atoms with Gasteiger partial charge in [-0.05, 0) is 19.9 Å². The molecule has 0 bridgehead atoms. The topological polar surface area (TPSA) is 95.8 Å². The van der Waals surface area contributed by atoms with Crippen LogP contribution in [0.25, 0.3) is 0 Å². The molecule has 2 N–H and O–H groups in total. The number of nitrogens with zero attached hydrogens (tertiary/aromatic N) is 1. The smallest absolute Gasteiger partial charge is 0.345 e. The average molecular weight is 262 g/mol. The Bertz CT molecular complexity index is 526. The quantitative estimate of drug-likeness (QED) is 0.627. The van der Waals surface area contributed by atoms with Crippen LogP contribution in [0.3, 0.4) is 0 Å². The highest BCUT2D eigenvalue weighted by atomic mass is 32.2. The minimum Gasteiger partial charge on any atom is -0.477 e. The Balaban J connectivity index is 2.99. The summed E-state index contributed by atoms with van der Waals surface area (Å²) in [5, 5.41) is 13.5. The van der Waals surface area contributed by atoms with Crippen LogP contribution in [0.1, 0.15) is 23.5 Å². The molecule has 0 spiro atoms. The van der Waals surface area contributed by atoms with Crippen molar-refractivity contribution < 1.29 is 18.3 Å². The minimum atomic E-state index is -3.76. The Hall–Kier alpha value is -1.41. The fourth-order valence-electron chi connectivity index (χ4n) is 0.776. The number of carbonyl (C=O) groups is 1. The van der Waals surface area contributed by atoms with Crippen LogP contribution in [-0.4, -0.2) is 25.2 Å². The van der Waals surface area contributed by atoms with Crippen LogP contribution < -0.4 is 4.83 Å². The van der Waals surface area contributed by atoms with Crippen molar-refractivity contribution in [2.45, 2.75) is 18.7 Å². The number of rotatable bonds is 4. The Morgan fingerprint density at radius 1 is 1.50 bits per heavy atom. The van der Waals surface area contributed by atoms with Crippen LogP contribution in [0.15, 0.2) is 21.4 Å². The van der Waals surface area contributed by atoms with Crippen LogP contribution in [0.4, 0.5) is 0 Å². The summed E-state index contributed by atoms with van der Waals surface area (Å²) < 4.78 is 23.1. The molecule has 0 aliphatic carbocycles. The molecular formula is C8H10N2O4S2. The molecule has 0 aliphatic rings. The lowest BCUT2D eigenvalue weighted by molar-refractivity contribution is 0.0702. The maximum atomic E-state index is 11.6. The monoisotopic (exact) mass is 262 g/mol. The first kappa shape index (κ1) is 12.7. The van der Waals surface area contributed by atoms with Gasteiger partial charge in [-0.3, -0.25) is 0 Å². The third-order valence-electron chi connectivity index (χ3n) is 1.49. The SMILES string of the molecule is CC(C)=NNS(=O)(=O)c1csc(C(=O)O)c1. The van der Waals surface area contributed by atoms with Crippen LogP contribution in [0, 0.1) is 0 Å². The van der Waals surface area contributed by atoms with E-state index in [9.17, 15) is 13.2 Å². The molecule has 1 aromatic rings. The third kappa shape index (κ3) is 3.04. The summed E-state index contributed by atoms with van der Waals surface area (Å²) in [7, 11) is -3.76. The van der Waals surface area contributed by atoms with Crippen molar-refractivity contribution in [1.82, 2.24) is 4.83 Å². The molecule has 0 amide bonds. The fraction of sp³-hybridized carbons (Fsp3) is 0.250. The van der Waals surface area contributed by atoms with Gasteiger partial charge in [0.1, 0.15) is 9.77 Å². The molecular weight excluding hydrogens is 252 g/mol. The molecule has 0 fully saturated rings. The molecule has 6 nitrogen and oxygen atoms in total. The largest absolute Gasteiger partial charge is 0.477 e. The second-order valence-corrected chi connectivity index (χ2v) is 5.68. The third-order valence-corrected chi connectivity index (χ3v) is 3.74. The van der Waals surface area contributed by atoms with Crippen molar-refractivity contribution in [3.63, 3.8) is 0 Å². The molecule has 16 heavy (non-hydrogen) atoms. The number of thiophene rings is 1. The molecule has 1 heterocycles. The van der Waals surface area contributed by atoms with E-state index in [0.29, 0.717) is 5.71 Å². The van der Waals surface area contributed by atoms with E-state index in [-0.39, 0.29) is 9.77 Å². The zero-order valence-corrected chi connectivity index (χ0v) is 10.2. The van der Waals surface area contributed by atoms with Gasteiger partial charge in [0.05, 0.1) is 0 Å². The normalized spacial score (nSPS) is 10.9. The first-order valence-corrected chi connectivity index (χ1v) is 6.54. The Kier molecular flexibility index (Phi) is 3.66. The van der Waals surface area contributed by atoms with Crippen LogP contribution in [-0.2, 0) is 10.0 Å². The lowest BCUT2D eigenvalue weighted by Gasteiger charge is -2.00. The highest BCUT2D eigenvalue weighted by Crippen LogP contribution is 2.18. The summed E-state index contributed by atoms with van der Waals surface area (Å²) in [5.74, 6) is -1.15. The Morgan fingerprint density at radius 2 is 2.12 bits per heavy atom. The molecule has 0 saturated carbocycles. The summed E-state index contributed by atoms with van der Waals surface area (Å²) in [6, 6.07) is 1.09. The van der Waals surface area contributed by atoms with Crippen LogP contribution in [0.5, 0.6) is 0 Å². The van der Waals surface area contributed by atoms with E-state index in [1.54, 1.807) is 13.8 Å². The number of carboxylic acid groups (broad SMARTS) is 1. The zero-order chi connectivity index (χ0) is 12.3. The molecule has 0 unspecified atom stereocenters. The minimum absolute atomic E-state index is 0.0300. The van der Waals surface area contributed by atoms with Gasteiger partial charge < -0.3 is 5.11 Å². The maximum absolute atomic E-state index is 11.6. The number of carboxylic acids is 1. The lowest BCUT2D eigenvalue weighted by atomic mass is 10.5. The molecule has 1 rings (SSSR count). The van der Waals surface area contributed by atoms with Crippen molar-refractivity contribution in [2.75, 3.05) is 0 Å². The predicted octanol–water partition coefficient (Wildman–Crippen LogP) is 1.12. The highest BCUT2D eigenvalue weighted by Gasteiger charge is 2.17. The molecule has 1 aromatic heterocycles. The fourth-order valence-corrected chi connectivity index (χ4v) is 2.79. The number of hydrogen-bond donors (Lipinski definition) is 2. The predicted molar refractivity (Wildman–Crippen MR) is 60.4 cm³/mol. The van der Waals surface area contributed by atoms with Crippen LogP contribution >= 0.6 is 11.3 Å². The second-order valence-electron chi connectivity index (χ2n) is 3.11. The summed E-state index contributed by atoms with van der Waals surface area (Å²) in [5.41, 5.74) is 0.553. The summed E-state index contributed by atoms with van der Waals surface area (Å²) in [6.07, 6.45) is 0. The summed E-state index contributed by atoms with van der Waals surface area (Å²) >= 11 is 0.852. The summed E-state index contributed by atoms with van der Waals surface area (Å²) in [6.45, 7) is 3.28. The van der Waals surface area contributed by atoms with Gasteiger partial charge in [-0.1, -0.05) is 0 Å². The van der Waals surface area contributed by atoms with Crippen molar-refractivity contribution in [1.29, 1.82) is 0 Å². The van der Waals surface area contributed by atoms with Crippen molar-refractivity contribution in [3.05, 3.63) is 16.3 Å². The molecule has 0 aliphatic heterocycles. The molecule has 0 saturated heterocycles. The van der Waals surface area contributed by atoms with Crippen molar-refractivity contribution in [2.24, 2.45) is 5.10 Å². The second kappa shape index (κ2) is 4.62. The van der Waals surface area contributed by atoms with E-state index in [4.69, 9.17) is 5.11 Å². The Morgan fingerprint density at radius 3 is 2.56 bits per heavy atom. The maximum Gasteiger partial charge on any atom is 0.345 e. The van der Waals surface area contributed by atoms with Gasteiger partial charge in [0, 0.05) is 11.1 Å². The number of hydrazone groups is 1. The molecule has 0 atom stereocenters. The first-order valence-electron chi connectivity index (χ1n) is 4.17. The number of aromatic carboxylic acids is 1. The number of sulfonamides is 1. The molecule has 0 radical (unpaired) electrons. The van der Waals surface area contributed by atoms with E-state index in [0.717, 1.165) is 17.4 Å².